The van der Waals surface area contributed by atoms with E-state index in [9.17, 15) is 4.79 Å². The van der Waals surface area contributed by atoms with E-state index in [0.29, 0.717) is 13.2 Å². The Hall–Kier alpha value is -0.650. The first kappa shape index (κ1) is 16.4. The second-order valence-corrected chi connectivity index (χ2v) is 6.38. The quantitative estimate of drug-likeness (QED) is 0.758. The largest absolute Gasteiger partial charge is 0.465 e. The van der Waals surface area contributed by atoms with Crippen molar-refractivity contribution >= 4 is 5.97 Å². The first-order valence-electron chi connectivity index (χ1n) is 6.95. The maximum atomic E-state index is 11.8. The van der Waals surface area contributed by atoms with E-state index in [2.05, 4.69) is 37.9 Å². The van der Waals surface area contributed by atoms with Crippen LogP contribution >= 0.6 is 0 Å². The first-order valence-corrected chi connectivity index (χ1v) is 6.95. The molecule has 112 valence electrons. The van der Waals surface area contributed by atoms with Crippen LogP contribution in [0.4, 0.5) is 0 Å². The van der Waals surface area contributed by atoms with E-state index in [0.717, 1.165) is 13.1 Å². The van der Waals surface area contributed by atoms with Gasteiger partial charge in [0.05, 0.1) is 17.8 Å². The predicted molar refractivity (Wildman–Crippen MR) is 75.2 cm³/mol. The van der Waals surface area contributed by atoms with Gasteiger partial charge in [-0.25, -0.2) is 0 Å². The van der Waals surface area contributed by atoms with Gasteiger partial charge < -0.3 is 14.8 Å². The summed E-state index contributed by atoms with van der Waals surface area (Å²) in [4.78, 5) is 14.1. The molecule has 5 nitrogen and oxygen atoms in total. The zero-order valence-corrected chi connectivity index (χ0v) is 13.1. The third-order valence-corrected chi connectivity index (χ3v) is 3.12. The molecule has 0 bridgehead atoms. The van der Waals surface area contributed by atoms with Gasteiger partial charge in [0.15, 0.2) is 0 Å². The molecule has 0 aliphatic carbocycles. The molecular formula is C14H28N2O3. The van der Waals surface area contributed by atoms with Crippen LogP contribution in [0.2, 0.25) is 0 Å². The fourth-order valence-electron chi connectivity index (χ4n) is 2.86. The van der Waals surface area contributed by atoms with Gasteiger partial charge in [-0.05, 0) is 41.7 Å². The lowest BCUT2D eigenvalue weighted by Crippen LogP contribution is -2.60. The molecule has 1 saturated heterocycles. The molecule has 0 aromatic heterocycles. The average Bonchev–Trinajstić information content (AvgIpc) is 2.21. The molecule has 1 N–H and O–H groups in total. The van der Waals surface area contributed by atoms with Crippen molar-refractivity contribution in [1.82, 2.24) is 10.2 Å². The summed E-state index contributed by atoms with van der Waals surface area (Å²) in [7, 11) is 1.79. The summed E-state index contributed by atoms with van der Waals surface area (Å²) in [5, 5.41) is 3.03. The molecule has 0 aromatic carbocycles. The second kappa shape index (κ2) is 6.20. The van der Waals surface area contributed by atoms with Crippen molar-refractivity contribution in [1.29, 1.82) is 0 Å². The molecule has 5 heteroatoms. The minimum absolute atomic E-state index is 0.188. The lowest BCUT2D eigenvalue weighted by Gasteiger charge is -2.47. The molecule has 1 rings (SSSR count). The Morgan fingerprint density at radius 2 is 1.84 bits per heavy atom. The summed E-state index contributed by atoms with van der Waals surface area (Å²) in [6, 6.07) is -0.287. The van der Waals surface area contributed by atoms with E-state index >= 15 is 0 Å². The number of nitrogens with zero attached hydrogens (tertiary/aromatic N) is 1. The Morgan fingerprint density at radius 3 is 2.26 bits per heavy atom. The lowest BCUT2D eigenvalue weighted by molar-refractivity contribution is -0.183. The fourth-order valence-corrected chi connectivity index (χ4v) is 2.86. The Balaban J connectivity index is 2.66. The SMILES string of the molecule is CCOC(=O)C(CN1CC(C)(C)OC(C)(C)C1)NC. The number of rotatable bonds is 5. The average molecular weight is 272 g/mol. The van der Waals surface area contributed by atoms with Gasteiger partial charge in [-0.2, -0.15) is 0 Å². The maximum Gasteiger partial charge on any atom is 0.324 e. The van der Waals surface area contributed by atoms with Crippen LogP contribution in [0.1, 0.15) is 34.6 Å². The van der Waals surface area contributed by atoms with E-state index < -0.39 is 0 Å². The summed E-state index contributed by atoms with van der Waals surface area (Å²) in [5.41, 5.74) is -0.399. The van der Waals surface area contributed by atoms with Gasteiger partial charge in [0, 0.05) is 19.6 Å². The summed E-state index contributed by atoms with van der Waals surface area (Å²) in [5.74, 6) is -0.188. The predicted octanol–water partition coefficient (Wildman–Crippen LogP) is 1.03. The van der Waals surface area contributed by atoms with Crippen molar-refractivity contribution in [3.8, 4) is 0 Å². The van der Waals surface area contributed by atoms with Gasteiger partial charge in [0.25, 0.3) is 0 Å². The third-order valence-electron chi connectivity index (χ3n) is 3.12. The number of morpholine rings is 1. The molecule has 0 spiro atoms. The summed E-state index contributed by atoms with van der Waals surface area (Å²) in [6.45, 7) is 12.8. The molecular weight excluding hydrogens is 244 g/mol. The van der Waals surface area contributed by atoms with E-state index in [1.807, 2.05) is 6.92 Å². The van der Waals surface area contributed by atoms with Crippen LogP contribution in [0.25, 0.3) is 0 Å². The number of carbonyl (C=O) groups is 1. The van der Waals surface area contributed by atoms with Crippen molar-refractivity contribution in [2.75, 3.05) is 33.3 Å². The number of carbonyl (C=O) groups excluding carboxylic acids is 1. The maximum absolute atomic E-state index is 11.8. The van der Waals surface area contributed by atoms with Crippen molar-refractivity contribution in [2.45, 2.75) is 51.9 Å². The summed E-state index contributed by atoms with van der Waals surface area (Å²) >= 11 is 0. The number of likely N-dealkylation sites (N-methyl/N-ethyl adjacent to an activating group) is 1. The minimum Gasteiger partial charge on any atom is -0.465 e. The highest BCUT2D eigenvalue weighted by Gasteiger charge is 2.39. The number of hydrogen-bond acceptors (Lipinski definition) is 5. The summed E-state index contributed by atoms with van der Waals surface area (Å²) in [6.07, 6.45) is 0. The monoisotopic (exact) mass is 272 g/mol. The topological polar surface area (TPSA) is 50.8 Å². The van der Waals surface area contributed by atoms with Crippen LogP contribution < -0.4 is 5.32 Å². The normalized spacial score (nSPS) is 23.9. The molecule has 0 saturated carbocycles. The van der Waals surface area contributed by atoms with Gasteiger partial charge in [0.2, 0.25) is 0 Å². The Bertz CT molecular complexity index is 300. The molecule has 0 radical (unpaired) electrons. The zero-order valence-electron chi connectivity index (χ0n) is 13.1. The van der Waals surface area contributed by atoms with Gasteiger partial charge in [-0.15, -0.1) is 0 Å². The van der Waals surface area contributed by atoms with Crippen molar-refractivity contribution in [3.05, 3.63) is 0 Å². The van der Waals surface area contributed by atoms with E-state index in [4.69, 9.17) is 9.47 Å². The second-order valence-electron chi connectivity index (χ2n) is 6.38. The van der Waals surface area contributed by atoms with Crippen LogP contribution in [0.3, 0.4) is 0 Å². The summed E-state index contributed by atoms with van der Waals surface area (Å²) < 4.78 is 11.1. The van der Waals surface area contributed by atoms with Gasteiger partial charge in [-0.3, -0.25) is 9.69 Å². The molecule has 1 atom stereocenters. The Labute approximate surface area is 116 Å². The molecule has 1 unspecified atom stereocenters. The smallest absolute Gasteiger partial charge is 0.324 e. The molecule has 1 fully saturated rings. The number of esters is 1. The van der Waals surface area contributed by atoms with Crippen LogP contribution in [0.5, 0.6) is 0 Å². The third kappa shape index (κ3) is 5.09. The van der Waals surface area contributed by atoms with Gasteiger partial charge in [0.1, 0.15) is 6.04 Å². The molecule has 19 heavy (non-hydrogen) atoms. The van der Waals surface area contributed by atoms with Crippen LogP contribution in [-0.2, 0) is 14.3 Å². The molecule has 0 aromatic rings. The molecule has 0 amide bonds. The first-order chi connectivity index (χ1) is 8.69. The van der Waals surface area contributed by atoms with E-state index in [-0.39, 0.29) is 23.2 Å². The highest BCUT2D eigenvalue weighted by Crippen LogP contribution is 2.27. The van der Waals surface area contributed by atoms with E-state index in [1.165, 1.54) is 0 Å². The number of ether oxygens (including phenoxy) is 2. The Morgan fingerprint density at radius 1 is 1.32 bits per heavy atom. The van der Waals surface area contributed by atoms with E-state index in [1.54, 1.807) is 7.05 Å². The Kier molecular flexibility index (Phi) is 5.35. The fraction of sp³-hybridized carbons (Fsp3) is 0.929. The molecule has 1 heterocycles. The molecule has 1 aliphatic heterocycles. The zero-order chi connectivity index (χ0) is 14.7. The van der Waals surface area contributed by atoms with Crippen molar-refractivity contribution < 1.29 is 14.3 Å². The standard InChI is InChI=1S/C14H28N2O3/c1-7-18-12(17)11(15-6)8-16-9-13(2,3)19-14(4,5)10-16/h11,15H,7-10H2,1-6H3. The molecule has 1 aliphatic rings. The highest BCUT2D eigenvalue weighted by atomic mass is 16.5. The lowest BCUT2D eigenvalue weighted by atomic mass is 9.98. The van der Waals surface area contributed by atoms with Crippen molar-refractivity contribution in [3.63, 3.8) is 0 Å². The van der Waals surface area contributed by atoms with Gasteiger partial charge >= 0.3 is 5.97 Å². The number of hydrogen-bond donors (Lipinski definition) is 1. The number of nitrogens with one attached hydrogen (secondary N) is 1. The van der Waals surface area contributed by atoms with Crippen molar-refractivity contribution in [2.24, 2.45) is 0 Å². The van der Waals surface area contributed by atoms with Crippen LogP contribution in [0, 0.1) is 0 Å². The van der Waals surface area contributed by atoms with Crippen LogP contribution in [-0.4, -0.2) is 61.4 Å². The highest BCUT2D eigenvalue weighted by molar-refractivity contribution is 5.76. The minimum atomic E-state index is -0.287. The van der Waals surface area contributed by atoms with Crippen LogP contribution in [0.15, 0.2) is 0 Å². The van der Waals surface area contributed by atoms with Gasteiger partial charge in [-0.1, -0.05) is 0 Å².